The molecule has 0 saturated carbocycles. The van der Waals surface area contributed by atoms with Gasteiger partial charge in [-0.3, -0.25) is 4.79 Å². The van der Waals surface area contributed by atoms with Crippen LogP contribution < -0.4 is 4.74 Å². The summed E-state index contributed by atoms with van der Waals surface area (Å²) in [6, 6.07) is 6.16. The van der Waals surface area contributed by atoms with E-state index in [0.29, 0.717) is 6.54 Å². The lowest BCUT2D eigenvalue weighted by molar-refractivity contribution is -0.134. The molecule has 2 rings (SSSR count). The van der Waals surface area contributed by atoms with E-state index in [9.17, 15) is 14.3 Å². The molecule has 0 bridgehead atoms. The highest BCUT2D eigenvalue weighted by Crippen LogP contribution is 2.19. The van der Waals surface area contributed by atoms with Gasteiger partial charge in [-0.05, 0) is 38.1 Å². The number of ether oxygens (including phenoxy) is 1. The highest BCUT2D eigenvalue weighted by atomic mass is 19.1. The number of β-amino-alcohol motifs (C(OH)–C–C–N with tert-alkyl or cyclic N) is 1. The average molecular weight is 324 g/mol. The Bertz CT molecular complexity index is 516. The topological polar surface area (TPSA) is 53.0 Å². The van der Waals surface area contributed by atoms with Crippen LogP contribution in [0.4, 0.5) is 4.39 Å². The molecule has 0 aliphatic carbocycles. The first-order chi connectivity index (χ1) is 11.0. The predicted octanol–water partition coefficient (Wildman–Crippen LogP) is 1.37. The minimum Gasteiger partial charge on any atom is -0.488 e. The van der Waals surface area contributed by atoms with Crippen molar-refractivity contribution in [2.45, 2.75) is 18.9 Å². The molecule has 1 heterocycles. The molecule has 0 aromatic heterocycles. The Morgan fingerprint density at radius 2 is 2.04 bits per heavy atom. The van der Waals surface area contributed by atoms with Crippen molar-refractivity contribution >= 4 is 5.91 Å². The van der Waals surface area contributed by atoms with Crippen LogP contribution in [-0.2, 0) is 4.79 Å². The van der Waals surface area contributed by atoms with E-state index in [2.05, 4.69) is 4.90 Å². The van der Waals surface area contributed by atoms with Crippen molar-refractivity contribution in [2.75, 3.05) is 40.3 Å². The number of aliphatic hydroxyl groups is 1. The zero-order valence-corrected chi connectivity index (χ0v) is 13.7. The third-order valence-electron chi connectivity index (χ3n) is 4.11. The van der Waals surface area contributed by atoms with Crippen LogP contribution in [0.5, 0.6) is 5.75 Å². The number of amides is 1. The summed E-state index contributed by atoms with van der Waals surface area (Å²) in [6.07, 6.45) is 0.922. The number of carbonyl (C=O) groups excluding carboxylic acids is 1. The van der Waals surface area contributed by atoms with E-state index in [-0.39, 0.29) is 24.2 Å². The Hall–Kier alpha value is -1.66. The van der Waals surface area contributed by atoms with Gasteiger partial charge in [-0.1, -0.05) is 12.1 Å². The molecule has 1 aromatic rings. The summed E-state index contributed by atoms with van der Waals surface area (Å²) in [5.41, 5.74) is 0. The van der Waals surface area contributed by atoms with E-state index in [4.69, 9.17) is 4.74 Å². The van der Waals surface area contributed by atoms with Crippen LogP contribution in [0.3, 0.4) is 0 Å². The highest BCUT2D eigenvalue weighted by molar-refractivity contribution is 5.78. The van der Waals surface area contributed by atoms with Gasteiger partial charge in [0.1, 0.15) is 12.7 Å². The molecule has 1 fully saturated rings. The Kier molecular flexibility index (Phi) is 6.36. The number of aliphatic hydroxyl groups excluding tert-OH is 1. The maximum absolute atomic E-state index is 13.4. The molecule has 128 valence electrons. The normalized spacial score (nSPS) is 17.7. The Morgan fingerprint density at radius 3 is 2.65 bits per heavy atom. The molecule has 1 atom stereocenters. The second-order valence-electron chi connectivity index (χ2n) is 6.20. The van der Waals surface area contributed by atoms with Gasteiger partial charge in [0.25, 0.3) is 0 Å². The van der Waals surface area contributed by atoms with Gasteiger partial charge in [0.2, 0.25) is 5.91 Å². The predicted molar refractivity (Wildman–Crippen MR) is 85.8 cm³/mol. The van der Waals surface area contributed by atoms with Crippen LogP contribution in [-0.4, -0.2) is 67.3 Å². The van der Waals surface area contributed by atoms with Crippen molar-refractivity contribution in [1.29, 1.82) is 0 Å². The standard InChI is InChI=1S/C17H25FN2O3/c1-19(2)17(22)13-7-9-20(10-8-13)11-14(21)12-23-16-6-4-3-5-15(16)18/h3-6,13-14,21H,7-12H2,1-2H3. The van der Waals surface area contributed by atoms with Crippen molar-refractivity contribution in [3.8, 4) is 5.75 Å². The largest absolute Gasteiger partial charge is 0.488 e. The fourth-order valence-electron chi connectivity index (χ4n) is 2.83. The number of para-hydroxylation sites is 1. The molecule has 6 heteroatoms. The van der Waals surface area contributed by atoms with E-state index in [1.54, 1.807) is 37.2 Å². The van der Waals surface area contributed by atoms with Crippen molar-refractivity contribution in [2.24, 2.45) is 5.92 Å². The number of carbonyl (C=O) groups is 1. The van der Waals surface area contributed by atoms with Gasteiger partial charge in [-0.25, -0.2) is 4.39 Å². The third kappa shape index (κ3) is 5.18. The van der Waals surface area contributed by atoms with Crippen LogP contribution in [0.15, 0.2) is 24.3 Å². The van der Waals surface area contributed by atoms with Crippen LogP contribution in [0, 0.1) is 11.7 Å². The number of hydrogen-bond acceptors (Lipinski definition) is 4. The van der Waals surface area contributed by atoms with Gasteiger partial charge in [-0.2, -0.15) is 0 Å². The second-order valence-corrected chi connectivity index (χ2v) is 6.20. The number of piperidine rings is 1. The number of hydrogen-bond donors (Lipinski definition) is 1. The van der Waals surface area contributed by atoms with Gasteiger partial charge in [0.15, 0.2) is 11.6 Å². The molecular formula is C17H25FN2O3. The average Bonchev–Trinajstić information content (AvgIpc) is 2.54. The van der Waals surface area contributed by atoms with Crippen molar-refractivity contribution in [3.63, 3.8) is 0 Å². The maximum Gasteiger partial charge on any atom is 0.225 e. The number of rotatable bonds is 6. The summed E-state index contributed by atoms with van der Waals surface area (Å²) in [6.45, 7) is 2.08. The molecule has 1 aromatic carbocycles. The van der Waals surface area contributed by atoms with E-state index >= 15 is 0 Å². The monoisotopic (exact) mass is 324 g/mol. The number of likely N-dealkylation sites (tertiary alicyclic amines) is 1. The van der Waals surface area contributed by atoms with Crippen LogP contribution in [0.25, 0.3) is 0 Å². The lowest BCUT2D eigenvalue weighted by Gasteiger charge is -2.33. The highest BCUT2D eigenvalue weighted by Gasteiger charge is 2.26. The SMILES string of the molecule is CN(C)C(=O)C1CCN(CC(O)COc2ccccc2F)CC1. The minimum absolute atomic E-state index is 0.0531. The van der Waals surface area contributed by atoms with Gasteiger partial charge >= 0.3 is 0 Å². The van der Waals surface area contributed by atoms with E-state index in [0.717, 1.165) is 25.9 Å². The summed E-state index contributed by atoms with van der Waals surface area (Å²) in [5.74, 6) is -0.0225. The molecule has 23 heavy (non-hydrogen) atoms. The first-order valence-corrected chi connectivity index (χ1v) is 7.96. The van der Waals surface area contributed by atoms with Gasteiger partial charge < -0.3 is 19.6 Å². The number of halogens is 1. The molecule has 5 nitrogen and oxygen atoms in total. The van der Waals surface area contributed by atoms with E-state index in [1.165, 1.54) is 6.07 Å². The first-order valence-electron chi connectivity index (χ1n) is 7.96. The zero-order valence-electron chi connectivity index (χ0n) is 13.7. The number of benzene rings is 1. The molecule has 1 N–H and O–H groups in total. The van der Waals surface area contributed by atoms with Crippen LogP contribution >= 0.6 is 0 Å². The van der Waals surface area contributed by atoms with E-state index in [1.807, 2.05) is 0 Å². The molecule has 1 aliphatic rings. The van der Waals surface area contributed by atoms with Crippen molar-refractivity contribution in [3.05, 3.63) is 30.1 Å². The van der Waals surface area contributed by atoms with Gasteiger partial charge in [0.05, 0.1) is 0 Å². The quantitative estimate of drug-likeness (QED) is 0.859. The fraction of sp³-hybridized carbons (Fsp3) is 0.588. The Morgan fingerprint density at radius 1 is 1.39 bits per heavy atom. The van der Waals surface area contributed by atoms with Crippen molar-refractivity contribution in [1.82, 2.24) is 9.80 Å². The summed E-state index contributed by atoms with van der Waals surface area (Å²) < 4.78 is 18.7. The van der Waals surface area contributed by atoms with Crippen molar-refractivity contribution < 1.29 is 19.0 Å². The summed E-state index contributed by atoms with van der Waals surface area (Å²) in [7, 11) is 3.55. The second kappa shape index (κ2) is 8.26. The van der Waals surface area contributed by atoms with E-state index < -0.39 is 11.9 Å². The van der Waals surface area contributed by atoms with Gasteiger partial charge in [0, 0.05) is 26.6 Å². The Balaban J connectivity index is 1.72. The Labute approximate surface area is 136 Å². The molecule has 1 amide bonds. The summed E-state index contributed by atoms with van der Waals surface area (Å²) >= 11 is 0. The molecular weight excluding hydrogens is 299 g/mol. The molecule has 1 unspecified atom stereocenters. The van der Waals surface area contributed by atoms with Crippen LogP contribution in [0.1, 0.15) is 12.8 Å². The minimum atomic E-state index is -0.685. The molecule has 1 aliphatic heterocycles. The molecule has 0 spiro atoms. The van der Waals surface area contributed by atoms with Gasteiger partial charge in [-0.15, -0.1) is 0 Å². The lowest BCUT2D eigenvalue weighted by atomic mass is 9.95. The maximum atomic E-state index is 13.4. The third-order valence-corrected chi connectivity index (χ3v) is 4.11. The summed E-state index contributed by atoms with van der Waals surface area (Å²) in [4.78, 5) is 15.7. The fourth-order valence-corrected chi connectivity index (χ4v) is 2.83. The zero-order chi connectivity index (χ0) is 16.8. The smallest absolute Gasteiger partial charge is 0.225 e. The lowest BCUT2D eigenvalue weighted by Crippen LogP contribution is -2.43. The summed E-state index contributed by atoms with van der Waals surface area (Å²) in [5, 5.41) is 10.1. The molecule has 0 radical (unpaired) electrons. The first kappa shape index (κ1) is 17.7. The van der Waals surface area contributed by atoms with Crippen LogP contribution in [0.2, 0.25) is 0 Å². The molecule has 1 saturated heterocycles. The number of nitrogens with zero attached hydrogens (tertiary/aromatic N) is 2.